The van der Waals surface area contributed by atoms with E-state index in [9.17, 15) is 19.5 Å². The number of nitrogens with zero attached hydrogens (tertiary/aromatic N) is 2. The predicted octanol–water partition coefficient (Wildman–Crippen LogP) is 1.30. The van der Waals surface area contributed by atoms with Gasteiger partial charge in [0.1, 0.15) is 5.60 Å². The molecule has 0 radical (unpaired) electrons. The summed E-state index contributed by atoms with van der Waals surface area (Å²) < 4.78 is 6.71. The number of carboxylic acids is 1. The first-order valence-corrected chi connectivity index (χ1v) is 7.03. The molecule has 1 N–H and O–H groups in total. The highest BCUT2D eigenvalue weighted by Crippen LogP contribution is 2.30. The summed E-state index contributed by atoms with van der Waals surface area (Å²) in [6, 6.07) is 1.64. The number of carbonyl (C=O) groups excluding carboxylic acids is 1. The van der Waals surface area contributed by atoms with Gasteiger partial charge in [-0.1, -0.05) is 0 Å². The van der Waals surface area contributed by atoms with Crippen molar-refractivity contribution in [3.63, 3.8) is 0 Å². The summed E-state index contributed by atoms with van der Waals surface area (Å²) in [4.78, 5) is 36.8. The summed E-state index contributed by atoms with van der Waals surface area (Å²) in [7, 11) is 1.60. The Morgan fingerprint density at radius 2 is 1.95 bits per heavy atom. The summed E-state index contributed by atoms with van der Waals surface area (Å²) in [5.74, 6) is -1.15. The van der Waals surface area contributed by atoms with Gasteiger partial charge in [0.05, 0.1) is 0 Å². The zero-order valence-electron chi connectivity index (χ0n) is 13.1. The normalized spacial score (nSPS) is 17.8. The molecule has 1 amide bonds. The Balaban J connectivity index is 2.44. The van der Waals surface area contributed by atoms with Crippen LogP contribution >= 0.6 is 0 Å². The third kappa shape index (κ3) is 2.98. The number of carbonyl (C=O) groups is 2. The number of amides is 1. The molecule has 0 aromatic carbocycles. The first kappa shape index (κ1) is 16.1. The molecule has 2 rings (SSSR count). The van der Waals surface area contributed by atoms with Gasteiger partial charge in [0.25, 0.3) is 0 Å². The number of ether oxygens (including phenoxy) is 1. The van der Waals surface area contributed by atoms with E-state index in [4.69, 9.17) is 4.74 Å². The van der Waals surface area contributed by atoms with Gasteiger partial charge >= 0.3 is 12.1 Å². The van der Waals surface area contributed by atoms with Gasteiger partial charge in [-0.2, -0.15) is 0 Å². The molecule has 1 aromatic heterocycles. The maximum atomic E-state index is 12.3. The topological polar surface area (TPSA) is 88.8 Å². The van der Waals surface area contributed by atoms with Crippen LogP contribution in [-0.2, 0) is 23.0 Å². The van der Waals surface area contributed by atoms with Crippen molar-refractivity contribution in [2.24, 2.45) is 7.05 Å². The highest BCUT2D eigenvalue weighted by Gasteiger charge is 2.38. The van der Waals surface area contributed by atoms with Crippen molar-refractivity contribution < 1.29 is 19.4 Å². The number of hydrogen-bond donors (Lipinski definition) is 1. The second-order valence-corrected chi connectivity index (χ2v) is 6.30. The Bertz CT molecular complexity index is 671. The van der Waals surface area contributed by atoms with Crippen LogP contribution in [-0.4, -0.2) is 38.8 Å². The molecule has 1 aliphatic heterocycles. The van der Waals surface area contributed by atoms with Crippen LogP contribution in [0.5, 0.6) is 0 Å². The molecule has 120 valence electrons. The van der Waals surface area contributed by atoms with Crippen molar-refractivity contribution in [2.45, 2.75) is 38.8 Å². The van der Waals surface area contributed by atoms with Crippen LogP contribution in [0.4, 0.5) is 4.79 Å². The lowest BCUT2D eigenvalue weighted by Gasteiger charge is -2.36. The number of carboxylic acid groups (broad SMARTS) is 1. The summed E-state index contributed by atoms with van der Waals surface area (Å²) in [5.41, 5.74) is 0.185. The molecule has 1 aromatic rings. The van der Waals surface area contributed by atoms with Gasteiger partial charge in [-0.05, 0) is 26.8 Å². The van der Waals surface area contributed by atoms with Crippen molar-refractivity contribution in [2.75, 3.05) is 6.54 Å². The summed E-state index contributed by atoms with van der Waals surface area (Å²) in [6.07, 6.45) is -0.260. The van der Waals surface area contributed by atoms with Crippen LogP contribution in [0.2, 0.25) is 0 Å². The average molecular weight is 308 g/mol. The van der Waals surface area contributed by atoms with Gasteiger partial charge in [0.2, 0.25) is 5.56 Å². The number of pyridine rings is 1. The molecule has 0 fully saturated rings. The highest BCUT2D eigenvalue weighted by atomic mass is 16.6. The molecule has 2 heterocycles. The largest absolute Gasteiger partial charge is 0.479 e. The minimum absolute atomic E-state index is 0.191. The fourth-order valence-electron chi connectivity index (χ4n) is 2.56. The molecule has 1 aliphatic rings. The van der Waals surface area contributed by atoms with Crippen LogP contribution < -0.4 is 5.56 Å². The molecular formula is C15H20N2O5. The first-order valence-electron chi connectivity index (χ1n) is 7.03. The van der Waals surface area contributed by atoms with E-state index in [1.807, 2.05) is 0 Å². The number of rotatable bonds is 1. The number of hydrogen-bond acceptors (Lipinski definition) is 4. The molecular weight excluding hydrogens is 288 g/mol. The molecule has 1 unspecified atom stereocenters. The number of aromatic nitrogens is 1. The molecule has 0 saturated carbocycles. The standard InChI is InChI=1S/C15H20N2O5/c1-15(2,3)22-14(21)17-8-7-10-9(12(17)13(19)20)5-6-11(18)16(10)4/h5-6,12H,7-8H2,1-4H3,(H,19,20). The minimum atomic E-state index is -1.15. The van der Waals surface area contributed by atoms with Gasteiger partial charge in [-0.25, -0.2) is 9.59 Å². The van der Waals surface area contributed by atoms with E-state index in [0.717, 1.165) is 0 Å². The maximum absolute atomic E-state index is 12.3. The van der Waals surface area contributed by atoms with E-state index >= 15 is 0 Å². The van der Waals surface area contributed by atoms with Crippen LogP contribution in [0, 0.1) is 0 Å². The Morgan fingerprint density at radius 1 is 1.32 bits per heavy atom. The second kappa shape index (κ2) is 5.47. The van der Waals surface area contributed by atoms with Crippen LogP contribution in [0.1, 0.15) is 38.1 Å². The molecule has 0 saturated heterocycles. The molecule has 7 heteroatoms. The Hall–Kier alpha value is -2.31. The zero-order chi connectivity index (χ0) is 16.7. The van der Waals surface area contributed by atoms with Crippen molar-refractivity contribution in [1.29, 1.82) is 0 Å². The van der Waals surface area contributed by atoms with Gasteiger partial charge in [-0.3, -0.25) is 9.69 Å². The van der Waals surface area contributed by atoms with E-state index in [-0.39, 0.29) is 12.1 Å². The van der Waals surface area contributed by atoms with Gasteiger partial charge < -0.3 is 14.4 Å². The van der Waals surface area contributed by atoms with E-state index < -0.39 is 23.7 Å². The summed E-state index contributed by atoms with van der Waals surface area (Å²) >= 11 is 0. The molecule has 7 nitrogen and oxygen atoms in total. The van der Waals surface area contributed by atoms with Crippen LogP contribution in [0.25, 0.3) is 0 Å². The molecule has 22 heavy (non-hydrogen) atoms. The Kier molecular flexibility index (Phi) is 4.00. The fourth-order valence-corrected chi connectivity index (χ4v) is 2.56. The molecule has 0 bridgehead atoms. The van der Waals surface area contributed by atoms with E-state index in [1.54, 1.807) is 27.8 Å². The predicted molar refractivity (Wildman–Crippen MR) is 78.7 cm³/mol. The SMILES string of the molecule is Cn1c2c(ccc1=O)C(C(=O)O)N(C(=O)OC(C)(C)C)CC2. The Morgan fingerprint density at radius 3 is 2.50 bits per heavy atom. The second-order valence-electron chi connectivity index (χ2n) is 6.30. The van der Waals surface area contributed by atoms with Crippen molar-refractivity contribution in [1.82, 2.24) is 9.47 Å². The minimum Gasteiger partial charge on any atom is -0.479 e. The van der Waals surface area contributed by atoms with Gasteiger partial charge in [0.15, 0.2) is 6.04 Å². The number of fused-ring (bicyclic) bond motifs is 1. The Labute approximate surface area is 128 Å². The van der Waals surface area contributed by atoms with E-state index in [1.165, 1.54) is 21.6 Å². The lowest BCUT2D eigenvalue weighted by Crippen LogP contribution is -2.47. The summed E-state index contributed by atoms with van der Waals surface area (Å²) in [6.45, 7) is 5.36. The van der Waals surface area contributed by atoms with Crippen LogP contribution in [0.3, 0.4) is 0 Å². The monoisotopic (exact) mass is 308 g/mol. The van der Waals surface area contributed by atoms with Crippen LogP contribution in [0.15, 0.2) is 16.9 Å². The van der Waals surface area contributed by atoms with E-state index in [0.29, 0.717) is 17.7 Å². The fraction of sp³-hybridized carbons (Fsp3) is 0.533. The van der Waals surface area contributed by atoms with Gasteiger partial charge in [-0.15, -0.1) is 0 Å². The van der Waals surface area contributed by atoms with Crippen molar-refractivity contribution in [3.05, 3.63) is 33.7 Å². The highest BCUT2D eigenvalue weighted by molar-refractivity contribution is 5.82. The quantitative estimate of drug-likeness (QED) is 0.845. The lowest BCUT2D eigenvalue weighted by molar-refractivity contribution is -0.143. The zero-order valence-corrected chi connectivity index (χ0v) is 13.1. The summed E-state index contributed by atoms with van der Waals surface area (Å²) in [5, 5.41) is 9.53. The lowest BCUT2D eigenvalue weighted by atomic mass is 9.97. The third-order valence-corrected chi connectivity index (χ3v) is 3.53. The van der Waals surface area contributed by atoms with E-state index in [2.05, 4.69) is 0 Å². The smallest absolute Gasteiger partial charge is 0.411 e. The first-order chi connectivity index (χ1) is 10.1. The molecule has 1 atom stereocenters. The maximum Gasteiger partial charge on any atom is 0.411 e. The van der Waals surface area contributed by atoms with Gasteiger partial charge in [0, 0.05) is 37.3 Å². The third-order valence-electron chi connectivity index (χ3n) is 3.53. The molecule has 0 spiro atoms. The van der Waals surface area contributed by atoms with Crippen molar-refractivity contribution in [3.8, 4) is 0 Å². The average Bonchev–Trinajstić information content (AvgIpc) is 2.39. The molecule has 0 aliphatic carbocycles. The van der Waals surface area contributed by atoms with Crippen molar-refractivity contribution >= 4 is 12.1 Å². The number of aliphatic carboxylic acids is 1.